The standard InChI is InChI=1S/C12H17N5Si.ClH/c1-18(2,3)11-5-9(7-13)4-10(6-11)12-16-14-8-15-17-12;/h4-6,8H,7,13H2,1-3H3;1H. The number of halogens is 1. The predicted octanol–water partition coefficient (Wildman–Crippen LogP) is 1.36. The monoisotopic (exact) mass is 295 g/mol. The molecular formula is C12H18ClN5Si. The van der Waals surface area contributed by atoms with E-state index in [1.807, 2.05) is 6.07 Å². The minimum absolute atomic E-state index is 0. The van der Waals surface area contributed by atoms with Gasteiger partial charge in [-0.1, -0.05) is 37.0 Å². The van der Waals surface area contributed by atoms with Crippen molar-refractivity contribution in [2.45, 2.75) is 26.2 Å². The number of hydrogen-bond acceptors (Lipinski definition) is 5. The first-order valence-corrected chi connectivity index (χ1v) is 9.36. The van der Waals surface area contributed by atoms with E-state index >= 15 is 0 Å². The molecule has 0 bridgehead atoms. The van der Waals surface area contributed by atoms with E-state index in [9.17, 15) is 0 Å². The van der Waals surface area contributed by atoms with Crippen LogP contribution in [-0.4, -0.2) is 28.5 Å². The highest BCUT2D eigenvalue weighted by atomic mass is 35.5. The molecule has 19 heavy (non-hydrogen) atoms. The first-order chi connectivity index (χ1) is 8.50. The molecular weight excluding hydrogens is 278 g/mol. The Morgan fingerprint density at radius 2 is 1.68 bits per heavy atom. The SMILES string of the molecule is C[Si](C)(C)c1cc(CN)cc(-c2nncnn2)c1.Cl. The summed E-state index contributed by atoms with van der Waals surface area (Å²) in [5, 5.41) is 16.9. The van der Waals surface area contributed by atoms with E-state index in [4.69, 9.17) is 5.73 Å². The Kier molecular flexibility index (Phi) is 5.10. The highest BCUT2D eigenvalue weighted by molar-refractivity contribution is 6.88. The molecule has 0 aliphatic heterocycles. The average molecular weight is 296 g/mol. The topological polar surface area (TPSA) is 77.6 Å². The molecule has 2 rings (SSSR count). The normalized spacial score (nSPS) is 10.9. The first kappa shape index (κ1) is 15.7. The number of nitrogens with zero attached hydrogens (tertiary/aromatic N) is 4. The number of benzene rings is 1. The van der Waals surface area contributed by atoms with Gasteiger partial charge in [0.15, 0.2) is 6.33 Å². The van der Waals surface area contributed by atoms with Crippen LogP contribution in [0.2, 0.25) is 19.6 Å². The summed E-state index contributed by atoms with van der Waals surface area (Å²) in [6, 6.07) is 6.31. The molecule has 0 atom stereocenters. The number of aromatic nitrogens is 4. The van der Waals surface area contributed by atoms with Crippen molar-refractivity contribution in [3.63, 3.8) is 0 Å². The van der Waals surface area contributed by atoms with Gasteiger partial charge >= 0.3 is 0 Å². The van der Waals surface area contributed by atoms with E-state index < -0.39 is 8.07 Å². The molecule has 0 radical (unpaired) electrons. The minimum atomic E-state index is -1.40. The number of rotatable bonds is 3. The van der Waals surface area contributed by atoms with Crippen molar-refractivity contribution >= 4 is 25.7 Å². The minimum Gasteiger partial charge on any atom is -0.326 e. The van der Waals surface area contributed by atoms with Crippen LogP contribution >= 0.6 is 12.4 Å². The molecule has 102 valence electrons. The summed E-state index contributed by atoms with van der Waals surface area (Å²) in [6.45, 7) is 7.41. The quantitative estimate of drug-likeness (QED) is 0.865. The fourth-order valence-corrected chi connectivity index (χ4v) is 2.90. The van der Waals surface area contributed by atoms with Gasteiger partial charge in [-0.05, 0) is 11.6 Å². The van der Waals surface area contributed by atoms with Gasteiger partial charge in [0.1, 0.15) is 0 Å². The molecule has 5 nitrogen and oxygen atoms in total. The van der Waals surface area contributed by atoms with Crippen LogP contribution in [0.15, 0.2) is 24.5 Å². The van der Waals surface area contributed by atoms with Crippen LogP contribution < -0.4 is 10.9 Å². The van der Waals surface area contributed by atoms with Crippen molar-refractivity contribution in [3.05, 3.63) is 30.1 Å². The highest BCUT2D eigenvalue weighted by Gasteiger charge is 2.18. The smallest absolute Gasteiger partial charge is 0.203 e. The van der Waals surface area contributed by atoms with Gasteiger partial charge in [0.05, 0.1) is 8.07 Å². The summed E-state index contributed by atoms with van der Waals surface area (Å²) in [5.74, 6) is 0.548. The fraction of sp³-hybridized carbons (Fsp3) is 0.333. The molecule has 2 N–H and O–H groups in total. The Balaban J connectivity index is 0.00000180. The van der Waals surface area contributed by atoms with E-state index in [1.54, 1.807) is 0 Å². The third kappa shape index (κ3) is 3.79. The van der Waals surface area contributed by atoms with Crippen LogP contribution in [0.5, 0.6) is 0 Å². The second kappa shape index (κ2) is 6.18. The van der Waals surface area contributed by atoms with Crippen LogP contribution in [0.3, 0.4) is 0 Å². The van der Waals surface area contributed by atoms with Gasteiger partial charge in [-0.15, -0.1) is 32.8 Å². The average Bonchev–Trinajstić information content (AvgIpc) is 2.38. The summed E-state index contributed by atoms with van der Waals surface area (Å²) in [5.41, 5.74) is 7.79. The largest absolute Gasteiger partial charge is 0.326 e. The third-order valence-electron chi connectivity index (χ3n) is 2.76. The molecule has 0 spiro atoms. The second-order valence-corrected chi connectivity index (χ2v) is 10.3. The molecule has 0 aliphatic rings. The summed E-state index contributed by atoms with van der Waals surface area (Å²) < 4.78 is 0. The Morgan fingerprint density at radius 1 is 1.05 bits per heavy atom. The summed E-state index contributed by atoms with van der Waals surface area (Å²) in [4.78, 5) is 0. The van der Waals surface area contributed by atoms with E-state index in [0.29, 0.717) is 12.4 Å². The lowest BCUT2D eigenvalue weighted by molar-refractivity contribution is 0.864. The zero-order valence-electron chi connectivity index (χ0n) is 11.3. The maximum absolute atomic E-state index is 5.75. The lowest BCUT2D eigenvalue weighted by Crippen LogP contribution is -2.38. The predicted molar refractivity (Wildman–Crippen MR) is 81.2 cm³/mol. The van der Waals surface area contributed by atoms with E-state index in [0.717, 1.165) is 11.1 Å². The molecule has 1 aromatic carbocycles. The summed E-state index contributed by atoms with van der Waals surface area (Å²) >= 11 is 0. The van der Waals surface area contributed by atoms with Gasteiger partial charge in [-0.2, -0.15) is 0 Å². The zero-order chi connectivity index (χ0) is 13.2. The van der Waals surface area contributed by atoms with Crippen LogP contribution in [0, 0.1) is 0 Å². The molecule has 1 heterocycles. The highest BCUT2D eigenvalue weighted by Crippen LogP contribution is 2.16. The van der Waals surface area contributed by atoms with E-state index in [2.05, 4.69) is 52.2 Å². The molecule has 0 saturated heterocycles. The van der Waals surface area contributed by atoms with Crippen molar-refractivity contribution in [1.29, 1.82) is 0 Å². The zero-order valence-corrected chi connectivity index (χ0v) is 13.1. The molecule has 0 aliphatic carbocycles. The third-order valence-corrected chi connectivity index (χ3v) is 4.78. The first-order valence-electron chi connectivity index (χ1n) is 5.86. The second-order valence-electron chi connectivity index (χ2n) is 5.24. The molecule has 0 saturated carbocycles. The fourth-order valence-electron chi connectivity index (χ4n) is 1.69. The Bertz CT molecular complexity index is 542. The maximum Gasteiger partial charge on any atom is 0.203 e. The molecule has 2 aromatic rings. The van der Waals surface area contributed by atoms with Crippen LogP contribution in [0.1, 0.15) is 5.56 Å². The molecule has 0 amide bonds. The maximum atomic E-state index is 5.75. The lowest BCUT2D eigenvalue weighted by Gasteiger charge is -2.18. The van der Waals surface area contributed by atoms with Crippen molar-refractivity contribution < 1.29 is 0 Å². The van der Waals surface area contributed by atoms with Crippen LogP contribution in [-0.2, 0) is 6.54 Å². The van der Waals surface area contributed by atoms with Crippen LogP contribution in [0.4, 0.5) is 0 Å². The van der Waals surface area contributed by atoms with Crippen molar-refractivity contribution in [1.82, 2.24) is 20.4 Å². The van der Waals surface area contributed by atoms with Gasteiger partial charge in [0.25, 0.3) is 0 Å². The van der Waals surface area contributed by atoms with Gasteiger partial charge in [-0.3, -0.25) is 0 Å². The molecule has 1 aromatic heterocycles. The Morgan fingerprint density at radius 3 is 2.21 bits per heavy atom. The molecule has 0 fully saturated rings. The number of hydrogen-bond donors (Lipinski definition) is 1. The van der Waals surface area contributed by atoms with Gasteiger partial charge in [-0.25, -0.2) is 0 Å². The van der Waals surface area contributed by atoms with Gasteiger partial charge in [0, 0.05) is 12.1 Å². The Labute approximate surface area is 120 Å². The van der Waals surface area contributed by atoms with E-state index in [1.165, 1.54) is 11.5 Å². The van der Waals surface area contributed by atoms with E-state index in [-0.39, 0.29) is 12.4 Å². The lowest BCUT2D eigenvalue weighted by atomic mass is 10.1. The van der Waals surface area contributed by atoms with Gasteiger partial charge in [0.2, 0.25) is 5.82 Å². The Hall–Kier alpha value is -1.37. The van der Waals surface area contributed by atoms with Crippen molar-refractivity contribution in [2.24, 2.45) is 5.73 Å². The number of nitrogens with two attached hydrogens (primary N) is 1. The van der Waals surface area contributed by atoms with Gasteiger partial charge < -0.3 is 5.73 Å². The van der Waals surface area contributed by atoms with Crippen molar-refractivity contribution in [2.75, 3.05) is 0 Å². The summed E-state index contributed by atoms with van der Waals surface area (Å²) in [6.07, 6.45) is 1.33. The van der Waals surface area contributed by atoms with Crippen LogP contribution in [0.25, 0.3) is 11.4 Å². The molecule has 7 heteroatoms. The molecule has 0 unspecified atom stereocenters. The summed E-state index contributed by atoms with van der Waals surface area (Å²) in [7, 11) is -1.40. The van der Waals surface area contributed by atoms with Crippen molar-refractivity contribution in [3.8, 4) is 11.4 Å².